The van der Waals surface area contributed by atoms with Gasteiger partial charge in [0, 0.05) is 5.02 Å². The highest BCUT2D eigenvalue weighted by atomic mass is 35.5. The van der Waals surface area contributed by atoms with Crippen LogP contribution in [0.3, 0.4) is 0 Å². The van der Waals surface area contributed by atoms with Crippen LogP contribution in [0.15, 0.2) is 17.7 Å². The zero-order valence-electron chi connectivity index (χ0n) is 7.67. The Morgan fingerprint density at radius 3 is 2.50 bits per heavy atom. The van der Waals surface area contributed by atoms with Crippen LogP contribution in [0.5, 0.6) is 0 Å². The second-order valence-corrected chi connectivity index (χ2v) is 3.99. The number of carbonyl (C=O) groups is 1. The quantitative estimate of drug-likeness (QED) is 0.509. The fourth-order valence-corrected chi connectivity index (χ4v) is 1.65. The summed E-state index contributed by atoms with van der Waals surface area (Å²) in [6, 6.07) is 4.39. The summed E-state index contributed by atoms with van der Waals surface area (Å²) in [4.78, 5) is 10.6. The van der Waals surface area contributed by atoms with Crippen LogP contribution < -0.4 is 0 Å². The van der Waals surface area contributed by atoms with E-state index in [1.165, 1.54) is 18.2 Å². The van der Waals surface area contributed by atoms with Crippen LogP contribution in [0.1, 0.15) is 5.56 Å². The Hall–Kier alpha value is -1.21. The van der Waals surface area contributed by atoms with Gasteiger partial charge >= 0.3 is 5.97 Å². The average molecular weight is 277 g/mol. The number of hydrogen-bond donors (Lipinski definition) is 1. The molecule has 1 rings (SSSR count). The molecule has 0 fully saturated rings. The normalized spacial score (nSPS) is 11.0. The molecule has 0 aromatic heterocycles. The summed E-state index contributed by atoms with van der Waals surface area (Å²) in [7, 11) is 0. The van der Waals surface area contributed by atoms with Crippen molar-refractivity contribution in [2.45, 2.75) is 0 Å². The van der Waals surface area contributed by atoms with E-state index >= 15 is 0 Å². The van der Waals surface area contributed by atoms with Gasteiger partial charge in [-0.05, 0) is 23.8 Å². The summed E-state index contributed by atoms with van der Waals surface area (Å²) in [6.45, 7) is 0. The highest BCUT2D eigenvalue weighted by molar-refractivity contribution is 6.44. The van der Waals surface area contributed by atoms with E-state index in [-0.39, 0.29) is 15.6 Å². The van der Waals surface area contributed by atoms with Crippen molar-refractivity contribution in [2.24, 2.45) is 0 Å². The summed E-state index contributed by atoms with van der Waals surface area (Å²) in [5, 5.41) is 17.9. The number of benzene rings is 1. The smallest absolute Gasteiger partial charge is 0.346 e. The highest BCUT2D eigenvalue weighted by Crippen LogP contribution is 2.31. The van der Waals surface area contributed by atoms with Gasteiger partial charge in [0.1, 0.15) is 11.6 Å². The van der Waals surface area contributed by atoms with Crippen LogP contribution in [-0.2, 0) is 4.79 Å². The number of halogens is 3. The molecule has 0 saturated carbocycles. The maximum absolute atomic E-state index is 10.6. The van der Waals surface area contributed by atoms with Gasteiger partial charge in [-0.15, -0.1) is 0 Å². The Labute approximate surface area is 106 Å². The van der Waals surface area contributed by atoms with Crippen molar-refractivity contribution in [3.05, 3.63) is 38.3 Å². The lowest BCUT2D eigenvalue weighted by molar-refractivity contribution is -0.132. The number of aliphatic carboxylic acids is 1. The van der Waals surface area contributed by atoms with Gasteiger partial charge in [-0.25, -0.2) is 4.79 Å². The standard InChI is InChI=1S/C10H4Cl3NO2/c11-7-2-5(9(13)8(12)3-7)1-6(4-14)10(15)16/h1-3H,(H,15,16). The summed E-state index contributed by atoms with van der Waals surface area (Å²) in [6.07, 6.45) is 1.11. The van der Waals surface area contributed by atoms with E-state index in [0.717, 1.165) is 6.08 Å². The number of carboxylic acid groups (broad SMARTS) is 1. The molecular formula is C10H4Cl3NO2. The topological polar surface area (TPSA) is 61.1 Å². The molecule has 0 aliphatic carbocycles. The van der Waals surface area contributed by atoms with Gasteiger partial charge in [-0.2, -0.15) is 5.26 Å². The summed E-state index contributed by atoms with van der Waals surface area (Å²) in [5.41, 5.74) is -0.154. The summed E-state index contributed by atoms with van der Waals surface area (Å²) in [5.74, 6) is -1.34. The molecule has 0 spiro atoms. The first kappa shape index (κ1) is 12.9. The largest absolute Gasteiger partial charge is 0.477 e. The van der Waals surface area contributed by atoms with E-state index in [2.05, 4.69) is 0 Å². The van der Waals surface area contributed by atoms with Crippen molar-refractivity contribution in [3.63, 3.8) is 0 Å². The Morgan fingerprint density at radius 1 is 1.38 bits per heavy atom. The van der Waals surface area contributed by atoms with Crippen molar-refractivity contribution in [1.29, 1.82) is 5.26 Å². The van der Waals surface area contributed by atoms with Crippen LogP contribution in [0, 0.1) is 11.3 Å². The maximum Gasteiger partial charge on any atom is 0.346 e. The van der Waals surface area contributed by atoms with E-state index in [0.29, 0.717) is 5.02 Å². The van der Waals surface area contributed by atoms with Gasteiger partial charge in [-0.3, -0.25) is 0 Å². The van der Waals surface area contributed by atoms with E-state index in [9.17, 15) is 4.79 Å². The van der Waals surface area contributed by atoms with Crippen molar-refractivity contribution >= 4 is 46.8 Å². The molecule has 0 aliphatic heterocycles. The van der Waals surface area contributed by atoms with Crippen LogP contribution in [0.2, 0.25) is 15.1 Å². The fraction of sp³-hybridized carbons (Fsp3) is 0. The van der Waals surface area contributed by atoms with E-state index in [1.54, 1.807) is 0 Å². The SMILES string of the molecule is N#CC(=Cc1cc(Cl)cc(Cl)c1Cl)C(=O)O. The van der Waals surface area contributed by atoms with Gasteiger partial charge in [0.2, 0.25) is 0 Å². The van der Waals surface area contributed by atoms with E-state index in [1.807, 2.05) is 0 Å². The monoisotopic (exact) mass is 275 g/mol. The van der Waals surface area contributed by atoms with Crippen molar-refractivity contribution in [1.82, 2.24) is 0 Å². The lowest BCUT2D eigenvalue weighted by atomic mass is 10.1. The first-order valence-corrected chi connectivity index (χ1v) is 5.08. The van der Waals surface area contributed by atoms with Crippen molar-refractivity contribution < 1.29 is 9.90 Å². The Bertz CT molecular complexity index is 518. The molecule has 1 aromatic rings. The molecule has 0 radical (unpaired) electrons. The van der Waals surface area contributed by atoms with Crippen molar-refractivity contribution in [3.8, 4) is 6.07 Å². The van der Waals surface area contributed by atoms with Gasteiger partial charge < -0.3 is 5.11 Å². The summed E-state index contributed by atoms with van der Waals surface area (Å²) < 4.78 is 0. The molecule has 1 aromatic carbocycles. The molecule has 0 unspecified atom stereocenters. The van der Waals surface area contributed by atoms with Crippen LogP contribution >= 0.6 is 34.8 Å². The molecule has 0 bridgehead atoms. The van der Waals surface area contributed by atoms with Crippen LogP contribution in [0.4, 0.5) is 0 Å². The van der Waals surface area contributed by atoms with E-state index in [4.69, 9.17) is 45.2 Å². The Kier molecular flexibility index (Phi) is 4.19. The number of carboxylic acids is 1. The fourth-order valence-electron chi connectivity index (χ4n) is 0.978. The first-order chi connectivity index (χ1) is 7.45. The number of nitrogens with zero attached hydrogens (tertiary/aromatic N) is 1. The molecule has 1 N–H and O–H groups in total. The molecule has 0 atom stereocenters. The van der Waals surface area contributed by atoms with E-state index < -0.39 is 11.5 Å². The van der Waals surface area contributed by atoms with Gasteiger partial charge in [0.05, 0.1) is 10.0 Å². The Morgan fingerprint density at radius 2 is 2.00 bits per heavy atom. The van der Waals surface area contributed by atoms with Gasteiger partial charge in [0.25, 0.3) is 0 Å². The summed E-state index contributed by atoms with van der Waals surface area (Å²) >= 11 is 17.3. The zero-order valence-corrected chi connectivity index (χ0v) is 9.94. The second-order valence-electron chi connectivity index (χ2n) is 2.77. The molecule has 0 heterocycles. The third kappa shape index (κ3) is 2.89. The molecule has 0 aliphatic rings. The molecule has 6 heteroatoms. The van der Waals surface area contributed by atoms with Crippen LogP contribution in [0.25, 0.3) is 6.08 Å². The maximum atomic E-state index is 10.6. The third-order valence-electron chi connectivity index (χ3n) is 1.67. The van der Waals surface area contributed by atoms with Gasteiger partial charge in [-0.1, -0.05) is 34.8 Å². The molecule has 0 amide bonds. The second kappa shape index (κ2) is 5.22. The molecular weight excluding hydrogens is 272 g/mol. The van der Waals surface area contributed by atoms with Crippen LogP contribution in [-0.4, -0.2) is 11.1 Å². The molecule has 16 heavy (non-hydrogen) atoms. The minimum absolute atomic E-state index is 0.153. The van der Waals surface area contributed by atoms with Crippen molar-refractivity contribution in [2.75, 3.05) is 0 Å². The zero-order chi connectivity index (χ0) is 12.3. The number of hydrogen-bond acceptors (Lipinski definition) is 2. The third-order valence-corrected chi connectivity index (χ3v) is 2.71. The highest BCUT2D eigenvalue weighted by Gasteiger charge is 2.10. The number of nitriles is 1. The number of rotatable bonds is 2. The molecule has 82 valence electrons. The minimum Gasteiger partial charge on any atom is -0.477 e. The predicted molar refractivity (Wildman–Crippen MR) is 62.7 cm³/mol. The first-order valence-electron chi connectivity index (χ1n) is 3.95. The molecule has 3 nitrogen and oxygen atoms in total. The Balaban J connectivity index is 3.35. The lowest BCUT2D eigenvalue weighted by Crippen LogP contribution is -1.97. The molecule has 0 saturated heterocycles. The average Bonchev–Trinajstić information content (AvgIpc) is 2.20. The van der Waals surface area contributed by atoms with Gasteiger partial charge in [0.15, 0.2) is 0 Å². The predicted octanol–water partition coefficient (Wildman–Crippen LogP) is 3.64. The minimum atomic E-state index is -1.34. The lowest BCUT2D eigenvalue weighted by Gasteiger charge is -2.02.